The Morgan fingerprint density at radius 2 is 2.12 bits per heavy atom. The highest BCUT2D eigenvalue weighted by molar-refractivity contribution is 7.07. The van der Waals surface area contributed by atoms with Crippen molar-refractivity contribution in [3.8, 4) is 0 Å². The van der Waals surface area contributed by atoms with Crippen LogP contribution in [0.2, 0.25) is 0 Å². The molecule has 2 heterocycles. The van der Waals surface area contributed by atoms with Crippen molar-refractivity contribution in [1.29, 1.82) is 0 Å². The molecule has 1 aromatic heterocycles. The van der Waals surface area contributed by atoms with Gasteiger partial charge in [0.2, 0.25) is 5.91 Å². The number of carbonyl (C=O) groups excluding carboxylic acids is 1. The summed E-state index contributed by atoms with van der Waals surface area (Å²) in [7, 11) is 1.87. The number of thiophene rings is 1. The zero-order chi connectivity index (χ0) is 16.8. The first-order chi connectivity index (χ1) is 11.7. The van der Waals surface area contributed by atoms with Gasteiger partial charge in [-0.25, -0.2) is 0 Å². The molecule has 128 valence electrons. The summed E-state index contributed by atoms with van der Waals surface area (Å²) in [6, 6.07) is 12.5. The van der Waals surface area contributed by atoms with Crippen molar-refractivity contribution in [3.63, 3.8) is 0 Å². The second kappa shape index (κ2) is 8.42. The Morgan fingerprint density at radius 1 is 1.29 bits per heavy atom. The van der Waals surface area contributed by atoms with Crippen LogP contribution in [0.3, 0.4) is 0 Å². The number of morpholine rings is 1. The van der Waals surface area contributed by atoms with Gasteiger partial charge in [-0.05, 0) is 28.0 Å². The molecule has 0 spiro atoms. The maximum atomic E-state index is 12.4. The molecule has 1 aliphatic rings. The van der Waals surface area contributed by atoms with Gasteiger partial charge in [-0.1, -0.05) is 30.3 Å². The van der Waals surface area contributed by atoms with Crippen LogP contribution in [0.15, 0.2) is 47.2 Å². The van der Waals surface area contributed by atoms with Gasteiger partial charge < -0.3 is 9.64 Å². The average molecular weight is 344 g/mol. The smallest absolute Gasteiger partial charge is 0.225 e. The van der Waals surface area contributed by atoms with Crippen molar-refractivity contribution in [3.05, 3.63) is 58.3 Å². The fourth-order valence-corrected chi connectivity index (χ4v) is 3.64. The second-order valence-electron chi connectivity index (χ2n) is 6.30. The second-order valence-corrected chi connectivity index (χ2v) is 7.08. The molecule has 0 aliphatic carbocycles. The first kappa shape index (κ1) is 17.1. The summed E-state index contributed by atoms with van der Waals surface area (Å²) in [6.45, 7) is 4.01. The van der Waals surface area contributed by atoms with E-state index in [1.54, 1.807) is 16.2 Å². The summed E-state index contributed by atoms with van der Waals surface area (Å²) < 4.78 is 5.81. The number of benzene rings is 1. The molecule has 2 aromatic rings. The minimum atomic E-state index is -0.0140. The lowest BCUT2D eigenvalue weighted by molar-refractivity contribution is -0.135. The Hall–Kier alpha value is -1.69. The van der Waals surface area contributed by atoms with Crippen molar-refractivity contribution in [2.75, 3.05) is 26.7 Å². The molecule has 0 saturated carbocycles. The lowest BCUT2D eigenvalue weighted by Gasteiger charge is -2.33. The molecule has 0 N–H and O–H groups in total. The Bertz CT molecular complexity index is 630. The van der Waals surface area contributed by atoms with Gasteiger partial charge in [0.15, 0.2) is 0 Å². The standard InChI is InChI=1S/C19H24N2O2S/c1-20(12-17-7-10-24-15-17)19(22)11-18-14-21(8-9-23-18)13-16-5-3-2-4-6-16/h2-7,10,15,18H,8-9,11-14H2,1H3/t18-/m1/s1. The van der Waals surface area contributed by atoms with Crippen molar-refractivity contribution in [2.24, 2.45) is 0 Å². The van der Waals surface area contributed by atoms with Gasteiger partial charge in [0.1, 0.15) is 0 Å². The van der Waals surface area contributed by atoms with E-state index in [4.69, 9.17) is 4.74 Å². The largest absolute Gasteiger partial charge is 0.375 e. The molecule has 1 aromatic carbocycles. The van der Waals surface area contributed by atoms with Gasteiger partial charge in [-0.3, -0.25) is 9.69 Å². The van der Waals surface area contributed by atoms with E-state index in [1.807, 2.05) is 18.5 Å². The Labute approximate surface area is 147 Å². The number of amides is 1. The first-order valence-corrected chi connectivity index (χ1v) is 9.28. The molecule has 0 bridgehead atoms. The van der Waals surface area contributed by atoms with Crippen LogP contribution < -0.4 is 0 Å². The van der Waals surface area contributed by atoms with E-state index >= 15 is 0 Å². The number of ether oxygens (including phenoxy) is 1. The molecular formula is C19H24N2O2S. The predicted octanol–water partition coefficient (Wildman–Crippen LogP) is 3.00. The highest BCUT2D eigenvalue weighted by Crippen LogP contribution is 2.15. The maximum Gasteiger partial charge on any atom is 0.225 e. The fourth-order valence-electron chi connectivity index (χ4n) is 2.98. The van der Waals surface area contributed by atoms with E-state index in [2.05, 4.69) is 40.6 Å². The van der Waals surface area contributed by atoms with Gasteiger partial charge in [-0.15, -0.1) is 0 Å². The molecular weight excluding hydrogens is 320 g/mol. The zero-order valence-electron chi connectivity index (χ0n) is 14.1. The number of hydrogen-bond acceptors (Lipinski definition) is 4. The van der Waals surface area contributed by atoms with Gasteiger partial charge in [0, 0.05) is 33.2 Å². The van der Waals surface area contributed by atoms with Crippen LogP contribution in [0.1, 0.15) is 17.5 Å². The van der Waals surface area contributed by atoms with Gasteiger partial charge in [-0.2, -0.15) is 11.3 Å². The van der Waals surface area contributed by atoms with Crippen LogP contribution >= 0.6 is 11.3 Å². The summed E-state index contributed by atoms with van der Waals surface area (Å²) >= 11 is 1.66. The summed E-state index contributed by atoms with van der Waals surface area (Å²) in [4.78, 5) is 16.6. The van der Waals surface area contributed by atoms with Crippen LogP contribution in [0, 0.1) is 0 Å². The van der Waals surface area contributed by atoms with Crippen molar-refractivity contribution in [2.45, 2.75) is 25.6 Å². The molecule has 1 aliphatic heterocycles. The minimum Gasteiger partial charge on any atom is -0.375 e. The molecule has 3 rings (SSSR count). The van der Waals surface area contributed by atoms with E-state index in [0.29, 0.717) is 19.6 Å². The predicted molar refractivity (Wildman–Crippen MR) is 96.9 cm³/mol. The number of rotatable bonds is 6. The van der Waals surface area contributed by atoms with Crippen molar-refractivity contribution < 1.29 is 9.53 Å². The third-order valence-corrected chi connectivity index (χ3v) is 5.03. The molecule has 5 heteroatoms. The van der Waals surface area contributed by atoms with E-state index in [-0.39, 0.29) is 12.0 Å². The summed E-state index contributed by atoms with van der Waals surface area (Å²) in [5, 5.41) is 4.13. The van der Waals surface area contributed by atoms with E-state index in [0.717, 1.165) is 19.6 Å². The van der Waals surface area contributed by atoms with Crippen molar-refractivity contribution in [1.82, 2.24) is 9.80 Å². The van der Waals surface area contributed by atoms with Crippen LogP contribution in [-0.2, 0) is 22.6 Å². The third-order valence-electron chi connectivity index (χ3n) is 4.30. The summed E-state index contributed by atoms with van der Waals surface area (Å²) in [5.74, 6) is 0.146. The van der Waals surface area contributed by atoms with Crippen LogP contribution in [0.5, 0.6) is 0 Å². The molecule has 4 nitrogen and oxygen atoms in total. The fraction of sp³-hybridized carbons (Fsp3) is 0.421. The number of nitrogens with zero attached hydrogens (tertiary/aromatic N) is 2. The quantitative estimate of drug-likeness (QED) is 0.808. The van der Waals surface area contributed by atoms with Gasteiger partial charge in [0.25, 0.3) is 0 Å². The molecule has 1 saturated heterocycles. The molecule has 1 amide bonds. The highest BCUT2D eigenvalue weighted by Gasteiger charge is 2.24. The molecule has 1 fully saturated rings. The topological polar surface area (TPSA) is 32.8 Å². The number of carbonyl (C=O) groups is 1. The molecule has 0 unspecified atom stereocenters. The van der Waals surface area contributed by atoms with E-state index in [1.165, 1.54) is 11.1 Å². The van der Waals surface area contributed by atoms with Crippen LogP contribution in [0.25, 0.3) is 0 Å². The number of hydrogen-bond donors (Lipinski definition) is 0. The monoisotopic (exact) mass is 344 g/mol. The van der Waals surface area contributed by atoms with Gasteiger partial charge >= 0.3 is 0 Å². The maximum absolute atomic E-state index is 12.4. The third kappa shape index (κ3) is 4.90. The molecule has 1 atom stereocenters. The van der Waals surface area contributed by atoms with Crippen LogP contribution in [-0.4, -0.2) is 48.6 Å². The zero-order valence-corrected chi connectivity index (χ0v) is 14.9. The first-order valence-electron chi connectivity index (χ1n) is 8.33. The normalized spacial score (nSPS) is 18.5. The van der Waals surface area contributed by atoms with E-state index < -0.39 is 0 Å². The summed E-state index contributed by atoms with van der Waals surface area (Å²) in [5.41, 5.74) is 2.49. The SMILES string of the molecule is CN(Cc1ccsc1)C(=O)C[C@@H]1CN(Cc2ccccc2)CCO1. The molecule has 24 heavy (non-hydrogen) atoms. The highest BCUT2D eigenvalue weighted by atomic mass is 32.1. The lowest BCUT2D eigenvalue weighted by Crippen LogP contribution is -2.44. The Morgan fingerprint density at radius 3 is 2.88 bits per heavy atom. The Balaban J connectivity index is 1.48. The average Bonchev–Trinajstić information content (AvgIpc) is 3.09. The van der Waals surface area contributed by atoms with Gasteiger partial charge in [0.05, 0.1) is 19.1 Å². The van der Waals surface area contributed by atoms with Crippen LogP contribution in [0.4, 0.5) is 0 Å². The van der Waals surface area contributed by atoms with E-state index in [9.17, 15) is 4.79 Å². The molecule has 0 radical (unpaired) electrons. The Kier molecular flexibility index (Phi) is 6.01. The van der Waals surface area contributed by atoms with Crippen molar-refractivity contribution >= 4 is 17.2 Å². The minimum absolute atomic E-state index is 0.0140. The lowest BCUT2D eigenvalue weighted by atomic mass is 10.1. The summed E-state index contributed by atoms with van der Waals surface area (Å²) in [6.07, 6.45) is 0.436.